The fourth-order valence-corrected chi connectivity index (χ4v) is 3.60. The van der Waals surface area contributed by atoms with Crippen LogP contribution in [-0.2, 0) is 10.0 Å². The Bertz CT molecular complexity index is 1220. The first kappa shape index (κ1) is 18.9. The highest BCUT2D eigenvalue weighted by molar-refractivity contribution is 7.92. The van der Waals surface area contributed by atoms with E-state index in [1.54, 1.807) is 37.3 Å². The zero-order chi connectivity index (χ0) is 20.1. The number of ether oxygens (including phenoxy) is 1. The Balaban J connectivity index is 1.85. The second-order valence-corrected chi connectivity index (χ2v) is 7.47. The summed E-state index contributed by atoms with van der Waals surface area (Å²) in [6.45, 7) is 1.72. The van der Waals surface area contributed by atoms with Crippen LogP contribution < -0.4 is 9.46 Å². The van der Waals surface area contributed by atoms with Crippen molar-refractivity contribution in [2.24, 2.45) is 0 Å². The van der Waals surface area contributed by atoms with E-state index in [0.29, 0.717) is 22.6 Å². The minimum Gasteiger partial charge on any atom is -0.438 e. The summed E-state index contributed by atoms with van der Waals surface area (Å²) < 4.78 is 33.3. The van der Waals surface area contributed by atoms with Crippen molar-refractivity contribution < 1.29 is 13.2 Å². The lowest BCUT2D eigenvalue weighted by molar-refractivity contribution is 0.461. The van der Waals surface area contributed by atoms with Crippen molar-refractivity contribution in [1.82, 2.24) is 4.98 Å². The third-order valence-corrected chi connectivity index (χ3v) is 5.18. The SMILES string of the molecule is Cc1cc(Oc2ncccc2C#N)ccc1NS(=O)(=O)c1cccc(C#N)c1. The van der Waals surface area contributed by atoms with Crippen LogP contribution >= 0.6 is 0 Å². The number of rotatable bonds is 5. The molecule has 1 aromatic heterocycles. The summed E-state index contributed by atoms with van der Waals surface area (Å²) in [6, 6.07) is 17.7. The molecule has 138 valence electrons. The van der Waals surface area contributed by atoms with Crippen LogP contribution in [0.25, 0.3) is 0 Å². The molecular formula is C20H14N4O3S. The Morgan fingerprint density at radius 3 is 2.57 bits per heavy atom. The number of nitrogens with one attached hydrogen (secondary N) is 1. The highest BCUT2D eigenvalue weighted by Crippen LogP contribution is 2.28. The van der Waals surface area contributed by atoms with Crippen LogP contribution in [0.5, 0.6) is 11.6 Å². The largest absolute Gasteiger partial charge is 0.438 e. The van der Waals surface area contributed by atoms with Crippen molar-refractivity contribution in [1.29, 1.82) is 10.5 Å². The number of aromatic nitrogens is 1. The maximum absolute atomic E-state index is 12.6. The molecule has 28 heavy (non-hydrogen) atoms. The molecule has 0 aliphatic rings. The van der Waals surface area contributed by atoms with Crippen LogP contribution in [0.4, 0.5) is 5.69 Å². The van der Waals surface area contributed by atoms with Gasteiger partial charge < -0.3 is 4.74 Å². The Labute approximate surface area is 162 Å². The molecule has 3 aromatic rings. The molecule has 3 rings (SSSR count). The molecule has 0 fully saturated rings. The topological polar surface area (TPSA) is 116 Å². The molecule has 0 spiro atoms. The average Bonchev–Trinajstić information content (AvgIpc) is 2.70. The predicted molar refractivity (Wildman–Crippen MR) is 102 cm³/mol. The van der Waals surface area contributed by atoms with Crippen molar-refractivity contribution in [2.45, 2.75) is 11.8 Å². The molecule has 0 unspecified atom stereocenters. The van der Waals surface area contributed by atoms with Crippen LogP contribution in [-0.4, -0.2) is 13.4 Å². The van der Waals surface area contributed by atoms with E-state index in [-0.39, 0.29) is 16.3 Å². The molecule has 0 aliphatic carbocycles. The van der Waals surface area contributed by atoms with E-state index in [0.717, 1.165) is 0 Å². The number of anilines is 1. The molecule has 0 aliphatic heterocycles. The van der Waals surface area contributed by atoms with Gasteiger partial charge in [-0.3, -0.25) is 4.72 Å². The molecule has 8 heteroatoms. The average molecular weight is 390 g/mol. The number of hydrogen-bond acceptors (Lipinski definition) is 6. The van der Waals surface area contributed by atoms with Gasteiger partial charge in [-0.05, 0) is 61.0 Å². The van der Waals surface area contributed by atoms with Gasteiger partial charge in [0, 0.05) is 6.20 Å². The minimum absolute atomic E-state index is 0.00146. The van der Waals surface area contributed by atoms with Crippen molar-refractivity contribution in [3.05, 3.63) is 77.5 Å². The number of pyridine rings is 1. The first-order valence-electron chi connectivity index (χ1n) is 8.09. The van der Waals surface area contributed by atoms with Crippen LogP contribution in [0.3, 0.4) is 0 Å². The van der Waals surface area contributed by atoms with Gasteiger partial charge in [-0.2, -0.15) is 10.5 Å². The summed E-state index contributed by atoms with van der Waals surface area (Å²) in [7, 11) is -3.85. The lowest BCUT2D eigenvalue weighted by Crippen LogP contribution is -2.14. The number of sulfonamides is 1. The Morgan fingerprint density at radius 2 is 1.86 bits per heavy atom. The highest BCUT2D eigenvalue weighted by Gasteiger charge is 2.16. The molecule has 0 saturated heterocycles. The van der Waals surface area contributed by atoms with Gasteiger partial charge in [-0.25, -0.2) is 13.4 Å². The quantitative estimate of drug-likeness (QED) is 0.710. The van der Waals surface area contributed by atoms with Gasteiger partial charge >= 0.3 is 0 Å². The third-order valence-electron chi connectivity index (χ3n) is 3.82. The van der Waals surface area contributed by atoms with Gasteiger partial charge in [0.1, 0.15) is 17.4 Å². The van der Waals surface area contributed by atoms with Gasteiger partial charge in [0.2, 0.25) is 5.88 Å². The number of nitriles is 2. The first-order valence-corrected chi connectivity index (χ1v) is 9.58. The molecule has 0 amide bonds. The predicted octanol–water partition coefficient (Wildman–Crippen LogP) is 3.73. The highest BCUT2D eigenvalue weighted by atomic mass is 32.2. The normalized spacial score (nSPS) is 10.5. The van der Waals surface area contributed by atoms with Gasteiger partial charge in [0.05, 0.1) is 22.2 Å². The van der Waals surface area contributed by atoms with Gasteiger partial charge in [-0.1, -0.05) is 6.07 Å². The lowest BCUT2D eigenvalue weighted by Gasteiger charge is -2.12. The summed E-state index contributed by atoms with van der Waals surface area (Å²) in [5, 5.41) is 18.0. The summed E-state index contributed by atoms with van der Waals surface area (Å²) in [4.78, 5) is 4.03. The summed E-state index contributed by atoms with van der Waals surface area (Å²) in [6.07, 6.45) is 1.51. The number of aryl methyl sites for hydroxylation is 1. The Morgan fingerprint density at radius 1 is 1.04 bits per heavy atom. The molecule has 1 N–H and O–H groups in total. The van der Waals surface area contributed by atoms with Gasteiger partial charge in [0.15, 0.2) is 0 Å². The maximum Gasteiger partial charge on any atom is 0.261 e. The zero-order valence-electron chi connectivity index (χ0n) is 14.7. The second-order valence-electron chi connectivity index (χ2n) is 5.79. The summed E-state index contributed by atoms with van der Waals surface area (Å²) in [5.41, 5.74) is 1.54. The van der Waals surface area contributed by atoms with Crippen molar-refractivity contribution in [3.63, 3.8) is 0 Å². The smallest absolute Gasteiger partial charge is 0.261 e. The van der Waals surface area contributed by atoms with E-state index < -0.39 is 10.0 Å². The van der Waals surface area contributed by atoms with E-state index in [4.69, 9.17) is 15.3 Å². The Hall–Kier alpha value is -3.88. The molecule has 7 nitrogen and oxygen atoms in total. The molecule has 0 bridgehead atoms. The standard InChI is InChI=1S/C20H14N4O3S/c1-14-10-17(27-20-16(13-22)5-3-9-23-20)7-8-19(14)24-28(25,26)18-6-2-4-15(11-18)12-21/h2-11,24H,1H3. The lowest BCUT2D eigenvalue weighted by atomic mass is 10.2. The van der Waals surface area contributed by atoms with Crippen LogP contribution in [0, 0.1) is 29.6 Å². The minimum atomic E-state index is -3.85. The van der Waals surface area contributed by atoms with E-state index >= 15 is 0 Å². The molecule has 0 saturated carbocycles. The molecule has 0 radical (unpaired) electrons. The van der Waals surface area contributed by atoms with E-state index in [2.05, 4.69) is 9.71 Å². The second kappa shape index (κ2) is 7.78. The third kappa shape index (κ3) is 4.09. The van der Waals surface area contributed by atoms with Crippen molar-refractivity contribution in [2.75, 3.05) is 4.72 Å². The number of nitrogens with zero attached hydrogens (tertiary/aromatic N) is 3. The Kier molecular flexibility index (Phi) is 5.25. The summed E-state index contributed by atoms with van der Waals surface area (Å²) in [5.74, 6) is 0.591. The van der Waals surface area contributed by atoms with E-state index in [1.807, 2.05) is 12.1 Å². The van der Waals surface area contributed by atoms with E-state index in [1.165, 1.54) is 30.5 Å². The molecular weight excluding hydrogens is 376 g/mol. The molecule has 1 heterocycles. The van der Waals surface area contributed by atoms with Crippen LogP contribution in [0.2, 0.25) is 0 Å². The fourth-order valence-electron chi connectivity index (χ4n) is 2.42. The first-order chi connectivity index (χ1) is 13.4. The fraction of sp³-hybridized carbons (Fsp3) is 0.0500. The zero-order valence-corrected chi connectivity index (χ0v) is 15.6. The van der Waals surface area contributed by atoms with Crippen molar-refractivity contribution in [3.8, 4) is 23.8 Å². The van der Waals surface area contributed by atoms with Crippen LogP contribution in [0.1, 0.15) is 16.7 Å². The molecule has 2 aromatic carbocycles. The monoisotopic (exact) mass is 390 g/mol. The van der Waals surface area contributed by atoms with Crippen molar-refractivity contribution >= 4 is 15.7 Å². The van der Waals surface area contributed by atoms with Gasteiger partial charge in [0.25, 0.3) is 10.0 Å². The maximum atomic E-state index is 12.6. The number of benzene rings is 2. The van der Waals surface area contributed by atoms with Gasteiger partial charge in [-0.15, -0.1) is 0 Å². The molecule has 0 atom stereocenters. The summed E-state index contributed by atoms with van der Waals surface area (Å²) >= 11 is 0. The van der Waals surface area contributed by atoms with E-state index in [9.17, 15) is 8.42 Å². The number of hydrogen-bond donors (Lipinski definition) is 1. The van der Waals surface area contributed by atoms with Crippen LogP contribution in [0.15, 0.2) is 65.7 Å².